The van der Waals surface area contributed by atoms with Gasteiger partial charge < -0.3 is 0 Å². The van der Waals surface area contributed by atoms with E-state index in [0.717, 1.165) is 10.1 Å². The summed E-state index contributed by atoms with van der Waals surface area (Å²) in [5.74, 6) is 0. The van der Waals surface area contributed by atoms with E-state index in [0.29, 0.717) is 0 Å². The molecule has 0 spiro atoms. The molecule has 0 fully saturated rings. The first kappa shape index (κ1) is 5.85. The summed E-state index contributed by atoms with van der Waals surface area (Å²) in [5, 5.41) is 7.51. The second-order valence-electron chi connectivity index (χ2n) is 1.85. The van der Waals surface area contributed by atoms with Crippen LogP contribution in [-0.4, -0.2) is 14.6 Å². The van der Waals surface area contributed by atoms with Crippen molar-refractivity contribution in [1.29, 1.82) is 0 Å². The second-order valence-corrected chi connectivity index (χ2v) is 2.70. The smallest absolute Gasteiger partial charge is 0.169 e. The molecule has 0 N–H and O–H groups in total. The predicted octanol–water partition coefficient (Wildman–Crippen LogP) is 1.29. The van der Waals surface area contributed by atoms with Crippen LogP contribution in [0.25, 0.3) is 5.65 Å². The van der Waals surface area contributed by atoms with Crippen molar-refractivity contribution in [1.82, 2.24) is 14.6 Å². The van der Waals surface area contributed by atoms with Gasteiger partial charge in [0.25, 0.3) is 0 Å². The SMILES string of the molecule is Brc1[c]c2nncn2cc1. The van der Waals surface area contributed by atoms with Gasteiger partial charge in [0, 0.05) is 16.7 Å². The van der Waals surface area contributed by atoms with Crippen LogP contribution < -0.4 is 0 Å². The Hall–Kier alpha value is -0.900. The fraction of sp³-hybridized carbons (Fsp3) is 0. The van der Waals surface area contributed by atoms with Crippen molar-refractivity contribution in [3.63, 3.8) is 0 Å². The molecule has 0 saturated heterocycles. The van der Waals surface area contributed by atoms with Crippen LogP contribution in [0.4, 0.5) is 0 Å². The van der Waals surface area contributed by atoms with Crippen molar-refractivity contribution in [3.05, 3.63) is 29.1 Å². The zero-order valence-corrected chi connectivity index (χ0v) is 6.54. The molecule has 0 saturated carbocycles. The van der Waals surface area contributed by atoms with Crippen LogP contribution in [0.5, 0.6) is 0 Å². The van der Waals surface area contributed by atoms with Crippen molar-refractivity contribution in [2.24, 2.45) is 0 Å². The highest BCUT2D eigenvalue weighted by Gasteiger charge is 1.93. The minimum Gasteiger partial charge on any atom is -0.288 e. The van der Waals surface area contributed by atoms with Gasteiger partial charge in [0.05, 0.1) is 0 Å². The van der Waals surface area contributed by atoms with Crippen LogP contribution in [0.2, 0.25) is 0 Å². The van der Waals surface area contributed by atoms with E-state index >= 15 is 0 Å². The molecule has 3 nitrogen and oxygen atoms in total. The molecule has 2 aromatic rings. The lowest BCUT2D eigenvalue weighted by molar-refractivity contribution is 1.10. The lowest BCUT2D eigenvalue weighted by atomic mass is 10.5. The third kappa shape index (κ3) is 0.806. The Morgan fingerprint density at radius 2 is 2.50 bits per heavy atom. The maximum atomic E-state index is 3.81. The average molecular weight is 197 g/mol. The Bertz CT molecular complexity index is 355. The van der Waals surface area contributed by atoms with Crippen molar-refractivity contribution < 1.29 is 0 Å². The zero-order valence-electron chi connectivity index (χ0n) is 4.95. The van der Waals surface area contributed by atoms with E-state index in [1.165, 1.54) is 0 Å². The zero-order chi connectivity index (χ0) is 6.97. The van der Waals surface area contributed by atoms with Gasteiger partial charge in [0.15, 0.2) is 5.65 Å². The van der Waals surface area contributed by atoms with E-state index in [-0.39, 0.29) is 0 Å². The van der Waals surface area contributed by atoms with Crippen LogP contribution in [-0.2, 0) is 0 Å². The summed E-state index contributed by atoms with van der Waals surface area (Å²) >= 11 is 3.28. The number of pyridine rings is 1. The Balaban J connectivity index is 2.86. The number of rotatable bonds is 0. The largest absolute Gasteiger partial charge is 0.288 e. The molecule has 0 bridgehead atoms. The molecule has 0 aliphatic carbocycles. The quantitative estimate of drug-likeness (QED) is 0.636. The van der Waals surface area contributed by atoms with Crippen LogP contribution in [0, 0.1) is 6.07 Å². The lowest BCUT2D eigenvalue weighted by Crippen LogP contribution is -1.80. The van der Waals surface area contributed by atoms with E-state index in [4.69, 9.17) is 0 Å². The maximum absolute atomic E-state index is 3.81. The van der Waals surface area contributed by atoms with Gasteiger partial charge in [0.2, 0.25) is 0 Å². The molecule has 2 aromatic heterocycles. The molecule has 0 unspecified atom stereocenters. The summed E-state index contributed by atoms with van der Waals surface area (Å²) in [7, 11) is 0. The predicted molar refractivity (Wildman–Crippen MR) is 39.5 cm³/mol. The van der Waals surface area contributed by atoms with Gasteiger partial charge in [-0.2, -0.15) is 0 Å². The Morgan fingerprint density at radius 3 is 3.40 bits per heavy atom. The highest BCUT2D eigenvalue weighted by Crippen LogP contribution is 2.08. The first-order valence-corrected chi connectivity index (χ1v) is 3.53. The van der Waals surface area contributed by atoms with Crippen molar-refractivity contribution in [3.8, 4) is 0 Å². The van der Waals surface area contributed by atoms with E-state index in [1.54, 1.807) is 10.7 Å². The molecular formula is C6H3BrN3. The third-order valence-corrected chi connectivity index (χ3v) is 1.65. The van der Waals surface area contributed by atoms with Gasteiger partial charge in [-0.25, -0.2) is 0 Å². The van der Waals surface area contributed by atoms with E-state index in [2.05, 4.69) is 32.2 Å². The average Bonchev–Trinajstić information content (AvgIpc) is 2.33. The van der Waals surface area contributed by atoms with Crippen molar-refractivity contribution in [2.75, 3.05) is 0 Å². The fourth-order valence-corrected chi connectivity index (χ4v) is 1.03. The molecule has 49 valence electrons. The molecule has 10 heavy (non-hydrogen) atoms. The Kier molecular flexibility index (Phi) is 1.20. The maximum Gasteiger partial charge on any atom is 0.169 e. The fourth-order valence-electron chi connectivity index (χ4n) is 0.735. The Morgan fingerprint density at radius 1 is 1.60 bits per heavy atom. The van der Waals surface area contributed by atoms with Crippen LogP contribution in [0.15, 0.2) is 23.1 Å². The normalized spacial score (nSPS) is 10.5. The Labute approximate surface area is 65.8 Å². The highest BCUT2D eigenvalue weighted by atomic mass is 79.9. The summed E-state index contributed by atoms with van der Waals surface area (Å²) in [6.07, 6.45) is 3.51. The minimum atomic E-state index is 0.731. The molecule has 2 rings (SSSR count). The molecule has 0 aromatic carbocycles. The van der Waals surface area contributed by atoms with Crippen LogP contribution in [0.1, 0.15) is 0 Å². The molecule has 1 radical (unpaired) electrons. The standard InChI is InChI=1S/C6H3BrN3/c7-5-1-2-10-4-8-9-6(10)3-5/h1-2,4H. The molecular weight excluding hydrogens is 194 g/mol. The summed E-state index contributed by atoms with van der Waals surface area (Å²) in [6.45, 7) is 0. The van der Waals surface area contributed by atoms with E-state index < -0.39 is 0 Å². The van der Waals surface area contributed by atoms with Crippen LogP contribution in [0.3, 0.4) is 0 Å². The van der Waals surface area contributed by atoms with Gasteiger partial charge in [-0.15, -0.1) is 10.2 Å². The monoisotopic (exact) mass is 196 g/mol. The van der Waals surface area contributed by atoms with E-state index in [9.17, 15) is 0 Å². The number of nitrogens with zero attached hydrogens (tertiary/aromatic N) is 3. The van der Waals surface area contributed by atoms with Crippen molar-refractivity contribution in [2.45, 2.75) is 0 Å². The van der Waals surface area contributed by atoms with Gasteiger partial charge in [-0.05, 0) is 22.0 Å². The van der Waals surface area contributed by atoms with Crippen LogP contribution >= 0.6 is 15.9 Å². The summed E-state index contributed by atoms with van der Waals surface area (Å²) in [5.41, 5.74) is 0.731. The number of hydrogen-bond donors (Lipinski definition) is 0. The van der Waals surface area contributed by atoms with Gasteiger partial charge in [0.1, 0.15) is 6.33 Å². The van der Waals surface area contributed by atoms with E-state index in [1.807, 2.05) is 12.3 Å². The topological polar surface area (TPSA) is 30.2 Å². The summed E-state index contributed by atoms with van der Waals surface area (Å²) in [6, 6.07) is 4.86. The van der Waals surface area contributed by atoms with Crippen molar-refractivity contribution >= 4 is 21.6 Å². The molecule has 0 aliphatic rings. The number of fused-ring (bicyclic) bond motifs is 1. The molecule has 0 atom stereocenters. The molecule has 0 amide bonds. The van der Waals surface area contributed by atoms with Gasteiger partial charge in [-0.1, -0.05) is 0 Å². The molecule has 2 heterocycles. The highest BCUT2D eigenvalue weighted by molar-refractivity contribution is 9.10. The number of hydrogen-bond acceptors (Lipinski definition) is 2. The number of halogens is 1. The summed E-state index contributed by atoms with van der Waals surface area (Å²) < 4.78 is 2.69. The first-order chi connectivity index (χ1) is 4.86. The number of aromatic nitrogens is 3. The third-order valence-electron chi connectivity index (χ3n) is 1.19. The van der Waals surface area contributed by atoms with Gasteiger partial charge >= 0.3 is 0 Å². The summed E-state index contributed by atoms with van der Waals surface area (Å²) in [4.78, 5) is 0. The molecule has 0 aliphatic heterocycles. The molecule has 4 heteroatoms. The minimum absolute atomic E-state index is 0.731. The lowest BCUT2D eigenvalue weighted by Gasteiger charge is -1.88. The van der Waals surface area contributed by atoms with Gasteiger partial charge in [-0.3, -0.25) is 4.40 Å². The second kappa shape index (κ2) is 2.05. The first-order valence-electron chi connectivity index (χ1n) is 2.73.